The van der Waals surface area contributed by atoms with Crippen molar-refractivity contribution < 1.29 is 9.53 Å². The van der Waals surface area contributed by atoms with Gasteiger partial charge in [0.15, 0.2) is 0 Å². The van der Waals surface area contributed by atoms with Crippen LogP contribution in [0.1, 0.15) is 38.7 Å². The summed E-state index contributed by atoms with van der Waals surface area (Å²) in [5.41, 5.74) is 1.18. The molecule has 0 aliphatic carbocycles. The van der Waals surface area contributed by atoms with E-state index in [1.165, 1.54) is 5.56 Å². The van der Waals surface area contributed by atoms with Crippen LogP contribution >= 0.6 is 0 Å². The molecule has 0 saturated heterocycles. The highest BCUT2D eigenvalue weighted by molar-refractivity contribution is 5.70. The van der Waals surface area contributed by atoms with Crippen molar-refractivity contribution in [3.05, 3.63) is 35.9 Å². The van der Waals surface area contributed by atoms with Crippen LogP contribution in [0.5, 0.6) is 0 Å². The third-order valence-electron chi connectivity index (χ3n) is 2.42. The molecule has 1 rings (SSSR count). The quantitative estimate of drug-likeness (QED) is 0.711. The number of hydrogen-bond donors (Lipinski definition) is 0. The average molecular weight is 220 g/mol. The zero-order valence-electron chi connectivity index (χ0n) is 10.3. The first-order valence-electron chi connectivity index (χ1n) is 5.80. The molecule has 0 aliphatic rings. The lowest BCUT2D eigenvalue weighted by atomic mass is 9.98. The Morgan fingerprint density at radius 2 is 1.81 bits per heavy atom. The highest BCUT2D eigenvalue weighted by Crippen LogP contribution is 2.18. The van der Waals surface area contributed by atoms with Gasteiger partial charge in [0, 0.05) is 0 Å². The minimum Gasteiger partial charge on any atom is -0.465 e. The van der Waals surface area contributed by atoms with Crippen molar-refractivity contribution >= 4 is 5.97 Å². The van der Waals surface area contributed by atoms with E-state index in [1.54, 1.807) is 0 Å². The van der Waals surface area contributed by atoms with Crippen LogP contribution in [0.4, 0.5) is 0 Å². The smallest absolute Gasteiger partial charge is 0.306 e. The number of carbonyl (C=O) groups is 1. The minimum atomic E-state index is -0.106. The van der Waals surface area contributed by atoms with Gasteiger partial charge in [-0.15, -0.1) is 0 Å². The Kier molecular flexibility index (Phi) is 5.03. The molecule has 0 N–H and O–H groups in total. The zero-order valence-corrected chi connectivity index (χ0v) is 10.3. The van der Waals surface area contributed by atoms with Crippen molar-refractivity contribution in [3.8, 4) is 0 Å². The van der Waals surface area contributed by atoms with Gasteiger partial charge >= 0.3 is 5.97 Å². The summed E-state index contributed by atoms with van der Waals surface area (Å²) in [6, 6.07) is 10.0. The maximum atomic E-state index is 11.5. The monoisotopic (exact) mass is 220 g/mol. The summed E-state index contributed by atoms with van der Waals surface area (Å²) in [4.78, 5) is 11.5. The van der Waals surface area contributed by atoms with Gasteiger partial charge < -0.3 is 4.74 Å². The molecule has 1 atom stereocenters. The van der Waals surface area contributed by atoms with Crippen molar-refractivity contribution in [1.29, 1.82) is 0 Å². The largest absolute Gasteiger partial charge is 0.465 e. The van der Waals surface area contributed by atoms with Crippen LogP contribution in [0.25, 0.3) is 0 Å². The van der Waals surface area contributed by atoms with Crippen molar-refractivity contribution in [3.63, 3.8) is 0 Å². The molecule has 2 heteroatoms. The van der Waals surface area contributed by atoms with Gasteiger partial charge in [0.1, 0.15) is 0 Å². The summed E-state index contributed by atoms with van der Waals surface area (Å²) in [7, 11) is 0. The van der Waals surface area contributed by atoms with Crippen molar-refractivity contribution in [2.24, 2.45) is 5.92 Å². The summed E-state index contributed by atoms with van der Waals surface area (Å²) in [5, 5.41) is 0. The molecule has 0 heterocycles. The lowest BCUT2D eigenvalue weighted by molar-refractivity contribution is -0.145. The topological polar surface area (TPSA) is 26.3 Å². The number of rotatable bonds is 5. The van der Waals surface area contributed by atoms with E-state index in [4.69, 9.17) is 4.74 Å². The van der Waals surface area contributed by atoms with Crippen molar-refractivity contribution in [2.45, 2.75) is 33.1 Å². The Morgan fingerprint density at radius 1 is 1.19 bits per heavy atom. The molecule has 0 aromatic heterocycles. The van der Waals surface area contributed by atoms with Crippen LogP contribution in [0, 0.1) is 5.92 Å². The number of hydrogen-bond acceptors (Lipinski definition) is 2. The maximum absolute atomic E-state index is 11.5. The fourth-order valence-corrected chi connectivity index (χ4v) is 1.47. The fourth-order valence-electron chi connectivity index (χ4n) is 1.47. The molecule has 0 aliphatic heterocycles. The van der Waals surface area contributed by atoms with Gasteiger partial charge in [-0.05, 0) is 17.4 Å². The fraction of sp³-hybridized carbons (Fsp3) is 0.500. The summed E-state index contributed by atoms with van der Waals surface area (Å²) in [6.07, 6.45) is 0.455. The molecule has 2 nitrogen and oxygen atoms in total. The van der Waals surface area contributed by atoms with Gasteiger partial charge in [0.05, 0.1) is 13.0 Å². The molecule has 0 radical (unpaired) electrons. The third kappa shape index (κ3) is 4.47. The summed E-state index contributed by atoms with van der Waals surface area (Å²) in [5.74, 6) is 0.516. The van der Waals surface area contributed by atoms with Crippen LogP contribution in [-0.2, 0) is 9.53 Å². The molecule has 1 aromatic carbocycles. The number of esters is 1. The average Bonchev–Trinajstić information content (AvgIpc) is 2.27. The number of benzene rings is 1. The SMILES string of the molecule is CC(C)COC(=O)CC(C)c1ccccc1. The Bertz CT molecular complexity index is 317. The number of carbonyl (C=O) groups excluding carboxylic acids is 1. The number of ether oxygens (including phenoxy) is 1. The molecular formula is C14H20O2. The second-order valence-electron chi connectivity index (χ2n) is 4.59. The van der Waals surface area contributed by atoms with Crippen molar-refractivity contribution in [2.75, 3.05) is 6.61 Å². The van der Waals surface area contributed by atoms with Crippen molar-refractivity contribution in [1.82, 2.24) is 0 Å². The highest BCUT2D eigenvalue weighted by atomic mass is 16.5. The molecular weight excluding hydrogens is 200 g/mol. The van der Waals surface area contributed by atoms with Crippen LogP contribution in [0.3, 0.4) is 0 Å². The molecule has 1 aromatic rings. The lowest BCUT2D eigenvalue weighted by Gasteiger charge is -2.12. The van der Waals surface area contributed by atoms with Gasteiger partial charge in [0.25, 0.3) is 0 Å². The van der Waals surface area contributed by atoms with Crippen LogP contribution in [0.2, 0.25) is 0 Å². The predicted molar refractivity (Wildman–Crippen MR) is 65.3 cm³/mol. The van der Waals surface area contributed by atoms with E-state index in [1.807, 2.05) is 51.1 Å². The third-order valence-corrected chi connectivity index (χ3v) is 2.42. The standard InChI is InChI=1S/C14H20O2/c1-11(2)10-16-14(15)9-12(3)13-7-5-4-6-8-13/h4-8,11-12H,9-10H2,1-3H3. The Labute approximate surface area is 97.6 Å². The summed E-state index contributed by atoms with van der Waals surface area (Å²) in [6.45, 7) is 6.63. The van der Waals surface area contributed by atoms with E-state index < -0.39 is 0 Å². The van der Waals surface area contributed by atoms with E-state index >= 15 is 0 Å². The first kappa shape index (κ1) is 12.8. The van der Waals surface area contributed by atoms with Crippen LogP contribution < -0.4 is 0 Å². The highest BCUT2D eigenvalue weighted by Gasteiger charge is 2.12. The Balaban J connectivity index is 2.40. The minimum absolute atomic E-state index is 0.106. The predicted octanol–water partition coefficient (Wildman–Crippen LogP) is 3.38. The van der Waals surface area contributed by atoms with E-state index in [0.717, 1.165) is 0 Å². The molecule has 88 valence electrons. The van der Waals surface area contributed by atoms with Crippen LogP contribution in [0.15, 0.2) is 30.3 Å². The second-order valence-corrected chi connectivity index (χ2v) is 4.59. The normalized spacial score (nSPS) is 12.5. The van der Waals surface area contributed by atoms with Gasteiger partial charge in [-0.25, -0.2) is 0 Å². The Hall–Kier alpha value is -1.31. The van der Waals surface area contributed by atoms with Gasteiger partial charge in [-0.1, -0.05) is 51.1 Å². The summed E-state index contributed by atoms with van der Waals surface area (Å²) < 4.78 is 5.16. The molecule has 0 spiro atoms. The van der Waals surface area contributed by atoms with E-state index in [9.17, 15) is 4.79 Å². The maximum Gasteiger partial charge on any atom is 0.306 e. The zero-order chi connectivity index (χ0) is 12.0. The van der Waals surface area contributed by atoms with Gasteiger partial charge in [-0.3, -0.25) is 4.79 Å². The van der Waals surface area contributed by atoms with Gasteiger partial charge in [-0.2, -0.15) is 0 Å². The molecule has 16 heavy (non-hydrogen) atoms. The summed E-state index contributed by atoms with van der Waals surface area (Å²) >= 11 is 0. The first-order valence-corrected chi connectivity index (χ1v) is 5.80. The second kappa shape index (κ2) is 6.31. The lowest BCUT2D eigenvalue weighted by Crippen LogP contribution is -2.12. The molecule has 0 saturated carbocycles. The Morgan fingerprint density at radius 3 is 2.38 bits per heavy atom. The first-order chi connectivity index (χ1) is 7.59. The molecule has 0 bridgehead atoms. The molecule has 1 unspecified atom stereocenters. The molecule has 0 amide bonds. The van der Waals surface area contributed by atoms with E-state index in [0.29, 0.717) is 18.9 Å². The molecule has 0 fully saturated rings. The van der Waals surface area contributed by atoms with Gasteiger partial charge in [0.2, 0.25) is 0 Å². The van der Waals surface area contributed by atoms with Crippen LogP contribution in [-0.4, -0.2) is 12.6 Å². The van der Waals surface area contributed by atoms with E-state index in [-0.39, 0.29) is 11.9 Å². The van der Waals surface area contributed by atoms with E-state index in [2.05, 4.69) is 0 Å².